The van der Waals surface area contributed by atoms with Gasteiger partial charge in [-0.3, -0.25) is 4.79 Å². The number of aromatic amines is 1. The third-order valence-electron chi connectivity index (χ3n) is 6.33. The van der Waals surface area contributed by atoms with Crippen LogP contribution in [0.4, 0.5) is 0 Å². The molecule has 2 aliphatic rings. The molecule has 1 saturated heterocycles. The predicted molar refractivity (Wildman–Crippen MR) is 102 cm³/mol. The maximum Gasteiger partial charge on any atom is 0.254 e. The van der Waals surface area contributed by atoms with Crippen LogP contribution in [0.25, 0.3) is 11.0 Å². The number of H-pyrrole nitrogens is 1. The first kappa shape index (κ1) is 15.6. The van der Waals surface area contributed by atoms with E-state index in [9.17, 15) is 4.79 Å². The number of aromatic nitrogens is 2. The molecule has 0 spiro atoms. The molecule has 3 aromatic rings. The molecule has 1 fully saturated rings. The Hall–Kier alpha value is -2.62. The lowest BCUT2D eigenvalue weighted by Gasteiger charge is -2.53. The van der Waals surface area contributed by atoms with E-state index in [1.165, 1.54) is 11.1 Å². The van der Waals surface area contributed by atoms with Crippen LogP contribution in [-0.2, 0) is 11.8 Å². The molecule has 132 valence electrons. The summed E-state index contributed by atoms with van der Waals surface area (Å²) < 4.78 is 0. The lowest BCUT2D eigenvalue weighted by molar-refractivity contribution is 0.0291. The van der Waals surface area contributed by atoms with Gasteiger partial charge in [0.1, 0.15) is 0 Å². The Morgan fingerprint density at radius 2 is 2.08 bits per heavy atom. The Morgan fingerprint density at radius 1 is 1.23 bits per heavy atom. The van der Waals surface area contributed by atoms with Gasteiger partial charge in [-0.2, -0.15) is 0 Å². The number of piperidine rings is 1. The number of rotatable bonds is 1. The fraction of sp³-hybridized carbons (Fsp3) is 0.364. The quantitative estimate of drug-likeness (QED) is 0.723. The van der Waals surface area contributed by atoms with E-state index in [4.69, 9.17) is 0 Å². The molecule has 0 radical (unpaired) electrons. The first-order chi connectivity index (χ1) is 12.5. The Balaban J connectivity index is 1.53. The van der Waals surface area contributed by atoms with E-state index in [0.717, 1.165) is 35.9 Å². The van der Waals surface area contributed by atoms with E-state index in [-0.39, 0.29) is 23.4 Å². The molecule has 1 N–H and O–H groups in total. The SMILES string of the molecule is C[C@@H]1C[C@]2(C)C[C@@H](Cc3ccccc32)N1C(=O)c1ccc2nc[nH]c2c1. The lowest BCUT2D eigenvalue weighted by Crippen LogP contribution is -2.58. The van der Waals surface area contributed by atoms with Crippen LogP contribution >= 0.6 is 0 Å². The molecule has 0 unspecified atom stereocenters. The summed E-state index contributed by atoms with van der Waals surface area (Å²) in [6.45, 7) is 4.57. The number of likely N-dealkylation sites (tertiary alicyclic amines) is 1. The zero-order valence-corrected chi connectivity index (χ0v) is 15.2. The van der Waals surface area contributed by atoms with Gasteiger partial charge in [0.15, 0.2) is 0 Å². The second-order valence-corrected chi connectivity index (χ2v) is 8.18. The van der Waals surface area contributed by atoms with Gasteiger partial charge in [-0.15, -0.1) is 0 Å². The van der Waals surface area contributed by atoms with Crippen molar-refractivity contribution in [1.29, 1.82) is 0 Å². The Bertz CT molecular complexity index is 1010. The summed E-state index contributed by atoms with van der Waals surface area (Å²) in [5.74, 6) is 0.139. The van der Waals surface area contributed by atoms with Gasteiger partial charge < -0.3 is 9.88 Å². The van der Waals surface area contributed by atoms with E-state index in [1.807, 2.05) is 18.2 Å². The minimum atomic E-state index is 0.139. The average molecular weight is 345 g/mol. The topological polar surface area (TPSA) is 49.0 Å². The zero-order chi connectivity index (χ0) is 17.9. The van der Waals surface area contributed by atoms with Gasteiger partial charge in [0.2, 0.25) is 0 Å². The van der Waals surface area contributed by atoms with E-state index in [1.54, 1.807) is 6.33 Å². The summed E-state index contributed by atoms with van der Waals surface area (Å²) in [6.07, 6.45) is 4.69. The standard InChI is InChI=1S/C22H23N3O/c1-14-11-22(2)12-17(9-15-5-3-4-6-18(15)22)25(14)21(26)16-7-8-19-20(10-16)24-13-23-19/h3-8,10,13-14,17H,9,11-12H2,1-2H3,(H,23,24)/t14-,17-,22-/m1/s1. The van der Waals surface area contributed by atoms with Crippen molar-refractivity contribution in [1.82, 2.24) is 14.9 Å². The van der Waals surface area contributed by atoms with Gasteiger partial charge in [0.25, 0.3) is 5.91 Å². The highest BCUT2D eigenvalue weighted by molar-refractivity contribution is 5.97. The van der Waals surface area contributed by atoms with Crippen molar-refractivity contribution in [3.63, 3.8) is 0 Å². The number of amides is 1. The van der Waals surface area contributed by atoms with Crippen molar-refractivity contribution in [2.24, 2.45) is 0 Å². The number of nitrogens with one attached hydrogen (secondary N) is 1. The number of hydrogen-bond donors (Lipinski definition) is 1. The van der Waals surface area contributed by atoms with Gasteiger partial charge in [-0.25, -0.2) is 4.98 Å². The normalized spacial score (nSPS) is 27.4. The Labute approximate surface area is 153 Å². The number of nitrogens with zero attached hydrogens (tertiary/aromatic N) is 2. The zero-order valence-electron chi connectivity index (χ0n) is 15.2. The van der Waals surface area contributed by atoms with Crippen LogP contribution < -0.4 is 0 Å². The molecule has 1 amide bonds. The molecular weight excluding hydrogens is 322 g/mol. The predicted octanol–water partition coefficient (Wildman–Crippen LogP) is 4.07. The molecule has 1 aromatic heterocycles. The number of carbonyl (C=O) groups is 1. The van der Waals surface area contributed by atoms with Gasteiger partial charge >= 0.3 is 0 Å². The highest BCUT2D eigenvalue weighted by Crippen LogP contribution is 2.47. The number of benzene rings is 2. The van der Waals surface area contributed by atoms with Crippen LogP contribution in [-0.4, -0.2) is 32.9 Å². The summed E-state index contributed by atoms with van der Waals surface area (Å²) in [6, 6.07) is 15.0. The Kier molecular flexibility index (Phi) is 3.27. The molecule has 1 aliphatic heterocycles. The summed E-state index contributed by atoms with van der Waals surface area (Å²) in [4.78, 5) is 22.9. The number of hydrogen-bond acceptors (Lipinski definition) is 2. The smallest absolute Gasteiger partial charge is 0.254 e. The molecule has 3 atom stereocenters. The molecule has 4 heteroatoms. The summed E-state index contributed by atoms with van der Waals surface area (Å²) in [5, 5.41) is 0. The van der Waals surface area contributed by atoms with Crippen LogP contribution in [0.3, 0.4) is 0 Å². The highest BCUT2D eigenvalue weighted by atomic mass is 16.2. The third-order valence-corrected chi connectivity index (χ3v) is 6.33. The van der Waals surface area contributed by atoms with Gasteiger partial charge in [-0.1, -0.05) is 31.2 Å². The van der Waals surface area contributed by atoms with E-state index in [0.29, 0.717) is 0 Å². The Morgan fingerprint density at radius 3 is 2.96 bits per heavy atom. The van der Waals surface area contributed by atoms with Crippen molar-refractivity contribution < 1.29 is 4.79 Å². The second-order valence-electron chi connectivity index (χ2n) is 8.18. The number of fused-ring (bicyclic) bond motifs is 5. The number of carbonyl (C=O) groups excluding carboxylic acids is 1. The fourth-order valence-electron chi connectivity index (χ4n) is 5.33. The summed E-state index contributed by atoms with van der Waals surface area (Å²) in [7, 11) is 0. The van der Waals surface area contributed by atoms with Gasteiger partial charge in [0, 0.05) is 17.6 Å². The lowest BCUT2D eigenvalue weighted by atomic mass is 9.63. The molecule has 0 saturated carbocycles. The largest absolute Gasteiger partial charge is 0.345 e. The summed E-state index contributed by atoms with van der Waals surface area (Å²) in [5.41, 5.74) is 5.61. The minimum Gasteiger partial charge on any atom is -0.345 e. The first-order valence-corrected chi connectivity index (χ1v) is 9.39. The molecular formula is C22H23N3O. The van der Waals surface area contributed by atoms with Crippen molar-refractivity contribution in [2.75, 3.05) is 0 Å². The summed E-state index contributed by atoms with van der Waals surface area (Å²) >= 11 is 0. The van der Waals surface area contributed by atoms with Crippen molar-refractivity contribution in [2.45, 2.75) is 50.6 Å². The van der Waals surface area contributed by atoms with Crippen LogP contribution in [0.2, 0.25) is 0 Å². The second kappa shape index (κ2) is 5.44. The molecule has 2 aromatic carbocycles. The number of imidazole rings is 1. The van der Waals surface area contributed by atoms with Crippen molar-refractivity contribution in [3.8, 4) is 0 Å². The third kappa shape index (κ3) is 2.21. The van der Waals surface area contributed by atoms with Crippen LogP contribution in [0.15, 0.2) is 48.8 Å². The van der Waals surface area contributed by atoms with Crippen molar-refractivity contribution >= 4 is 16.9 Å². The van der Waals surface area contributed by atoms with Crippen LogP contribution in [0.5, 0.6) is 0 Å². The molecule has 2 heterocycles. The van der Waals surface area contributed by atoms with Crippen LogP contribution in [0.1, 0.15) is 48.2 Å². The molecule has 5 rings (SSSR count). The van der Waals surface area contributed by atoms with E-state index < -0.39 is 0 Å². The van der Waals surface area contributed by atoms with Crippen LogP contribution in [0, 0.1) is 0 Å². The minimum absolute atomic E-state index is 0.139. The maximum absolute atomic E-state index is 13.4. The van der Waals surface area contributed by atoms with E-state index in [2.05, 4.69) is 53.0 Å². The van der Waals surface area contributed by atoms with Crippen molar-refractivity contribution in [3.05, 3.63) is 65.5 Å². The molecule has 1 aliphatic carbocycles. The molecule has 26 heavy (non-hydrogen) atoms. The molecule has 4 nitrogen and oxygen atoms in total. The fourth-order valence-corrected chi connectivity index (χ4v) is 5.33. The van der Waals surface area contributed by atoms with E-state index >= 15 is 0 Å². The van der Waals surface area contributed by atoms with Gasteiger partial charge in [0.05, 0.1) is 17.4 Å². The molecule has 2 bridgehead atoms. The first-order valence-electron chi connectivity index (χ1n) is 9.39. The highest BCUT2D eigenvalue weighted by Gasteiger charge is 2.47. The maximum atomic E-state index is 13.4. The van der Waals surface area contributed by atoms with Gasteiger partial charge in [-0.05, 0) is 60.9 Å². The monoisotopic (exact) mass is 345 g/mol. The average Bonchev–Trinajstić information content (AvgIpc) is 3.08.